The molecule has 7 N–H and O–H groups in total. The van der Waals surface area contributed by atoms with Gasteiger partial charge in [-0.2, -0.15) is 4.98 Å². The van der Waals surface area contributed by atoms with Gasteiger partial charge in [-0.05, 0) is 6.07 Å². The molecule has 220 valence electrons. The van der Waals surface area contributed by atoms with Crippen molar-refractivity contribution in [1.29, 1.82) is 0 Å². The van der Waals surface area contributed by atoms with Crippen LogP contribution in [-0.4, -0.2) is 89.2 Å². The number of aliphatic hydroxyl groups is 3. The van der Waals surface area contributed by atoms with Crippen LogP contribution in [0, 0.1) is 0 Å². The lowest BCUT2D eigenvalue weighted by Crippen LogP contribution is -2.39. The van der Waals surface area contributed by atoms with Gasteiger partial charge in [-0.15, -0.1) is 0 Å². The molecule has 2 saturated heterocycles. The Hall–Kier alpha value is -2.87. The maximum atomic E-state index is 12.7. The predicted octanol–water partition coefficient (Wildman–Crippen LogP) is -3.14. The summed E-state index contributed by atoms with van der Waals surface area (Å²) < 4.78 is 61.2. The quantitative estimate of drug-likeness (QED) is 0.145. The Morgan fingerprint density at radius 3 is 2.30 bits per heavy atom. The number of hydrogen-bond acceptors (Lipinski definition) is 16. The number of aliphatic hydroxyl groups excluding tert-OH is 3. The minimum Gasteiger partial charge on any atom is -0.387 e. The Bertz CT molecular complexity index is 1520. The van der Waals surface area contributed by atoms with E-state index in [-0.39, 0.29) is 5.82 Å². The van der Waals surface area contributed by atoms with Gasteiger partial charge in [0.1, 0.15) is 42.4 Å². The van der Waals surface area contributed by atoms with Crippen molar-refractivity contribution in [2.24, 2.45) is 0 Å². The van der Waals surface area contributed by atoms with Crippen LogP contribution in [0.1, 0.15) is 12.5 Å². The number of anilines is 1. The molecule has 0 spiro atoms. The van der Waals surface area contributed by atoms with Gasteiger partial charge in [0, 0.05) is 18.5 Å². The molecule has 0 aromatic carbocycles. The molecule has 0 bridgehead atoms. The number of H-pyrrole nitrogens is 1. The van der Waals surface area contributed by atoms with E-state index in [9.17, 15) is 48.3 Å². The van der Waals surface area contributed by atoms with Crippen LogP contribution in [0.5, 0.6) is 0 Å². The maximum absolute atomic E-state index is 12.7. The molecule has 22 heteroatoms. The zero-order valence-electron chi connectivity index (χ0n) is 19.9. The number of aromatic amines is 1. The van der Waals surface area contributed by atoms with Crippen LogP contribution >= 0.6 is 15.7 Å². The van der Waals surface area contributed by atoms with Crippen LogP contribution in [-0.2, 0) is 36.7 Å². The average Bonchev–Trinajstić information content (AvgIpc) is 3.32. The summed E-state index contributed by atoms with van der Waals surface area (Å²) in [6.45, 7) is -1.68. The van der Waals surface area contributed by atoms with Crippen LogP contribution in [0.15, 0.2) is 38.9 Å². The summed E-state index contributed by atoms with van der Waals surface area (Å²) in [5.41, 5.74) is 2.73. The van der Waals surface area contributed by atoms with Crippen molar-refractivity contribution in [2.45, 2.75) is 49.1 Å². The zero-order chi connectivity index (χ0) is 29.4. The highest BCUT2D eigenvalue weighted by molar-refractivity contribution is 7.47. The Balaban J connectivity index is 1.47. The number of aromatic nitrogens is 4. The van der Waals surface area contributed by atoms with E-state index < -0.39 is 95.0 Å². The number of nitrogen functional groups attached to an aromatic ring is 1. The molecule has 2 fully saturated rings. The first-order valence-electron chi connectivity index (χ1n) is 11.2. The van der Waals surface area contributed by atoms with Crippen molar-refractivity contribution in [3.63, 3.8) is 0 Å². The van der Waals surface area contributed by atoms with E-state index in [4.69, 9.17) is 24.3 Å². The van der Waals surface area contributed by atoms with Crippen molar-refractivity contribution in [3.05, 3.63) is 55.8 Å². The van der Waals surface area contributed by atoms with Gasteiger partial charge in [-0.25, -0.2) is 23.3 Å². The lowest BCUT2D eigenvalue weighted by Gasteiger charge is -2.23. The van der Waals surface area contributed by atoms with E-state index >= 15 is 0 Å². The van der Waals surface area contributed by atoms with Gasteiger partial charge in [0.15, 0.2) is 12.5 Å². The second-order valence-electron chi connectivity index (χ2n) is 8.52. The average molecular weight is 611 g/mol. The highest BCUT2D eigenvalue weighted by atomic mass is 31.2. The van der Waals surface area contributed by atoms with Crippen LogP contribution in [0.25, 0.3) is 0 Å². The number of phosphoric ester groups is 1. The third kappa shape index (κ3) is 6.54. The summed E-state index contributed by atoms with van der Waals surface area (Å²) in [4.78, 5) is 51.2. The van der Waals surface area contributed by atoms with Crippen molar-refractivity contribution >= 4 is 21.5 Å². The van der Waals surface area contributed by atoms with Crippen molar-refractivity contribution in [1.82, 2.24) is 19.1 Å². The van der Waals surface area contributed by atoms with Gasteiger partial charge in [0.25, 0.3) is 5.56 Å². The van der Waals surface area contributed by atoms with Crippen LogP contribution in [0.3, 0.4) is 0 Å². The van der Waals surface area contributed by atoms with Crippen molar-refractivity contribution in [2.75, 3.05) is 18.9 Å². The monoisotopic (exact) mass is 611 g/mol. The molecule has 2 aromatic rings. The zero-order valence-corrected chi connectivity index (χ0v) is 21.7. The number of phosphoric acid groups is 1. The van der Waals surface area contributed by atoms with Gasteiger partial charge >= 0.3 is 27.1 Å². The summed E-state index contributed by atoms with van der Waals surface area (Å²) in [5, 5.41) is 31.3. The molecule has 40 heavy (non-hydrogen) atoms. The van der Waals surface area contributed by atoms with Gasteiger partial charge in [-0.1, -0.05) is 0 Å². The minimum absolute atomic E-state index is 0.107. The first kappa shape index (κ1) is 30.1. The molecule has 1 unspecified atom stereocenters. The molecule has 2 aromatic heterocycles. The first-order chi connectivity index (χ1) is 18.8. The lowest BCUT2D eigenvalue weighted by molar-refractivity contribution is -0.0602. The molecule has 20 nitrogen and oxygen atoms in total. The Kier molecular flexibility index (Phi) is 8.98. The molecule has 4 heterocycles. The molecule has 4 rings (SSSR count). The fourth-order valence-electron chi connectivity index (χ4n) is 4.04. The van der Waals surface area contributed by atoms with Gasteiger partial charge in [-0.3, -0.25) is 32.5 Å². The lowest BCUT2D eigenvalue weighted by atomic mass is 10.1. The van der Waals surface area contributed by atoms with E-state index in [0.29, 0.717) is 0 Å². The predicted molar refractivity (Wildman–Crippen MR) is 125 cm³/mol. The largest absolute Gasteiger partial charge is 0.472 e. The molecule has 0 amide bonds. The molecule has 9 atom stereocenters. The summed E-state index contributed by atoms with van der Waals surface area (Å²) in [6, 6.07) is 2.16. The van der Waals surface area contributed by atoms with Gasteiger partial charge in [0.05, 0.1) is 13.2 Å². The molecule has 0 aliphatic carbocycles. The molecular formula is C18H23N5O15P2. The fourth-order valence-corrected chi connectivity index (χ4v) is 5.28. The number of hydrogen-bond donors (Lipinski definition) is 6. The summed E-state index contributed by atoms with van der Waals surface area (Å²) in [7, 11) is -8.58. The summed E-state index contributed by atoms with van der Waals surface area (Å²) in [6.07, 6.45) is -11.1. The summed E-state index contributed by atoms with van der Waals surface area (Å²) >= 11 is 0. The number of nitrogens with two attached hydrogens (primary N) is 1. The number of ether oxygens (including phenoxy) is 2. The highest BCUT2D eigenvalue weighted by Crippen LogP contribution is 2.49. The normalized spacial score (nSPS) is 31.7. The Labute approximate surface area is 222 Å². The molecular weight excluding hydrogens is 588 g/mol. The number of nitrogens with one attached hydrogen (secondary N) is 1. The minimum atomic E-state index is -5.17. The standard InChI is InChI=1S/C18H23N5O15P2/c19-9-1-3-22(17(28)20-9)15-12(26)11(25)7(36-15)6-35-40(32,33)38-14-8(5-34-39(30)31)37-16(13(14)27)23-4-2-10(24)21-18(23)29/h1-4,7-8,11-16,25-27H,5-6H2,(H,32,33)(H2,19,20,28)(H,21,24,29)/t7-,8-,11-,12-,13-,14-,15-,16-/m1/s1. The SMILES string of the molecule is Nc1ccn([C@@H]2O[C@H](COP(=O)(O)O[C@H]3[C@@H](O)[C@H](n4ccc(=O)[nH]c4=O)O[C@@H]3COP(=O)=O)[C@@H](O)[C@H]2O)c(=O)n1. The van der Waals surface area contributed by atoms with E-state index in [1.165, 1.54) is 6.07 Å². The maximum Gasteiger partial charge on any atom is 0.472 e. The second-order valence-corrected chi connectivity index (χ2v) is 10.6. The first-order valence-corrected chi connectivity index (χ1v) is 13.8. The number of nitrogens with zero attached hydrogens (tertiary/aromatic N) is 3. The Morgan fingerprint density at radius 2 is 1.65 bits per heavy atom. The van der Waals surface area contributed by atoms with Crippen LogP contribution < -0.4 is 22.7 Å². The Morgan fingerprint density at radius 1 is 1.00 bits per heavy atom. The van der Waals surface area contributed by atoms with Crippen LogP contribution in [0.4, 0.5) is 5.82 Å². The highest BCUT2D eigenvalue weighted by Gasteiger charge is 2.50. The third-order valence-corrected chi connectivity index (χ3v) is 7.24. The fraction of sp³-hybridized carbons (Fsp3) is 0.556. The van der Waals surface area contributed by atoms with E-state index in [1.54, 1.807) is 0 Å². The smallest absolute Gasteiger partial charge is 0.387 e. The van der Waals surface area contributed by atoms with Crippen LogP contribution in [0.2, 0.25) is 0 Å². The van der Waals surface area contributed by atoms with Crippen molar-refractivity contribution < 1.29 is 57.0 Å². The molecule has 0 saturated carbocycles. The van der Waals surface area contributed by atoms with E-state index in [1.807, 2.05) is 4.98 Å². The van der Waals surface area contributed by atoms with E-state index in [2.05, 4.69) is 9.51 Å². The molecule has 0 radical (unpaired) electrons. The second kappa shape index (κ2) is 11.9. The third-order valence-electron chi connectivity index (χ3n) is 5.90. The van der Waals surface area contributed by atoms with E-state index in [0.717, 1.165) is 27.6 Å². The van der Waals surface area contributed by atoms with Gasteiger partial charge in [0.2, 0.25) is 0 Å². The molecule has 2 aliphatic rings. The molecule has 2 aliphatic heterocycles. The summed E-state index contributed by atoms with van der Waals surface area (Å²) in [5.74, 6) is -0.107. The topological polar surface area (TPSA) is 294 Å². The van der Waals surface area contributed by atoms with Crippen molar-refractivity contribution in [3.8, 4) is 0 Å². The number of rotatable bonds is 10. The van der Waals surface area contributed by atoms with Gasteiger partial charge < -0.3 is 35.4 Å².